The highest BCUT2D eigenvalue weighted by molar-refractivity contribution is 5.93. The summed E-state index contributed by atoms with van der Waals surface area (Å²) in [6.07, 6.45) is 4.37. The average Bonchev–Trinajstić information content (AvgIpc) is 3.84. The van der Waals surface area contributed by atoms with E-state index in [0.717, 1.165) is 0 Å². The second-order valence-electron chi connectivity index (χ2n) is 19.0. The van der Waals surface area contributed by atoms with Crippen molar-refractivity contribution in [2.24, 2.45) is 23.7 Å². The van der Waals surface area contributed by atoms with Crippen molar-refractivity contribution in [3.63, 3.8) is 0 Å². The molecule has 0 saturated carbocycles. The second-order valence-corrected chi connectivity index (χ2v) is 19.0. The van der Waals surface area contributed by atoms with Gasteiger partial charge in [0, 0.05) is 47.7 Å². The number of likely N-dealkylation sites (tertiary alicyclic amines) is 1. The van der Waals surface area contributed by atoms with Crippen LogP contribution in [0.1, 0.15) is 106 Å². The van der Waals surface area contributed by atoms with Gasteiger partial charge in [0.2, 0.25) is 35.4 Å². The van der Waals surface area contributed by atoms with E-state index < -0.39 is 72.2 Å². The molecule has 71 heavy (non-hydrogen) atoms. The zero-order chi connectivity index (χ0) is 53.2. The number of hydrogen-bond donors (Lipinski definition) is 4. The van der Waals surface area contributed by atoms with Gasteiger partial charge in [0.05, 0.1) is 88.4 Å². The summed E-state index contributed by atoms with van der Waals surface area (Å²) < 4.78 is 27.9. The molecule has 10 atom stereocenters. The van der Waals surface area contributed by atoms with Gasteiger partial charge in [0.25, 0.3) is 0 Å². The van der Waals surface area contributed by atoms with E-state index in [1.165, 1.54) is 26.2 Å². The van der Waals surface area contributed by atoms with E-state index in [2.05, 4.69) is 22.0 Å². The van der Waals surface area contributed by atoms with E-state index in [1.807, 2.05) is 45.9 Å². The van der Waals surface area contributed by atoms with E-state index in [-0.39, 0.29) is 74.6 Å². The number of likely N-dealkylation sites (N-methyl/N-ethyl adjacent to an activating group) is 2. The first kappa shape index (κ1) is 62.4. The van der Waals surface area contributed by atoms with Crippen molar-refractivity contribution in [1.29, 1.82) is 0 Å². The number of terminal acetylenes is 1. The molecule has 0 radical (unpaired) electrons. The number of aliphatic hydroxyl groups is 1. The van der Waals surface area contributed by atoms with Crippen molar-refractivity contribution in [3.05, 3.63) is 35.9 Å². The standard InChI is InChI=1S/C52H86N6O13/c1-14-26-68-27-28-69-29-30-70-31-32-71-55-42(59)23-24-43(60)56(10)46(35(5)6)51(64)54-45(34(3)4)52(65)57(11)47(36(7)15-2)41(66-12)33-44(61)58-25-19-22-40(58)49(67-13)37(8)50(63)53-38(9)48(62)39-20-17-16-18-21-39/h1,16-18,20-21,34-38,40-41,45-49,62H,15,19,22-33H2,2-13H3,(H,53,63)(H,54,64)(H,55,59)/t36-,37+,38+,40-,41+,45-,46-,47-,48+,49+/m0/s1. The van der Waals surface area contributed by atoms with E-state index >= 15 is 0 Å². The second kappa shape index (κ2) is 33.1. The van der Waals surface area contributed by atoms with Gasteiger partial charge in [-0.1, -0.05) is 91.1 Å². The normalized spacial score (nSPS) is 17.5. The molecule has 1 fully saturated rings. The molecule has 2 rings (SSSR count). The number of carbonyl (C=O) groups is 6. The van der Waals surface area contributed by atoms with Crippen LogP contribution in [0.25, 0.3) is 0 Å². The minimum Gasteiger partial charge on any atom is -0.386 e. The Kier molecular flexibility index (Phi) is 29.1. The van der Waals surface area contributed by atoms with Crippen molar-refractivity contribution < 1.29 is 62.4 Å². The summed E-state index contributed by atoms with van der Waals surface area (Å²) in [6, 6.07) is 5.58. The minimum absolute atomic E-state index is 0.0570. The third-order valence-electron chi connectivity index (χ3n) is 13.2. The predicted octanol–water partition coefficient (Wildman–Crippen LogP) is 3.28. The molecule has 0 unspecified atom stereocenters. The maximum Gasteiger partial charge on any atom is 0.245 e. The van der Waals surface area contributed by atoms with E-state index in [1.54, 1.807) is 56.7 Å². The van der Waals surface area contributed by atoms with Crippen LogP contribution in [0.2, 0.25) is 0 Å². The van der Waals surface area contributed by atoms with Crippen LogP contribution < -0.4 is 16.1 Å². The number of benzene rings is 1. The lowest BCUT2D eigenvalue weighted by atomic mass is 9.89. The van der Waals surface area contributed by atoms with Crippen LogP contribution in [0.15, 0.2) is 30.3 Å². The number of carbonyl (C=O) groups excluding carboxylic acids is 6. The molecular weight excluding hydrogens is 917 g/mol. The number of amides is 6. The summed E-state index contributed by atoms with van der Waals surface area (Å²) in [5, 5.41) is 16.8. The van der Waals surface area contributed by atoms with Crippen LogP contribution in [0.5, 0.6) is 0 Å². The monoisotopic (exact) mass is 1000 g/mol. The zero-order valence-corrected chi connectivity index (χ0v) is 44.5. The Labute approximate surface area is 423 Å². The first-order valence-corrected chi connectivity index (χ1v) is 25.1. The fraction of sp³-hybridized carbons (Fsp3) is 0.731. The van der Waals surface area contributed by atoms with Gasteiger partial charge in [-0.05, 0) is 43.1 Å². The number of hydroxylamine groups is 1. The van der Waals surface area contributed by atoms with Crippen LogP contribution in [0, 0.1) is 36.0 Å². The number of ether oxygens (including phenoxy) is 5. The van der Waals surface area contributed by atoms with E-state index in [9.17, 15) is 33.9 Å². The van der Waals surface area contributed by atoms with Crippen LogP contribution >= 0.6 is 0 Å². The number of aliphatic hydroxyl groups excluding tert-OH is 1. The Balaban J connectivity index is 2.08. The summed E-state index contributed by atoms with van der Waals surface area (Å²) in [5.74, 6) is -1.52. The lowest BCUT2D eigenvalue weighted by Crippen LogP contribution is -2.60. The van der Waals surface area contributed by atoms with Gasteiger partial charge >= 0.3 is 0 Å². The highest BCUT2D eigenvalue weighted by atomic mass is 16.7. The topological polar surface area (TPSA) is 224 Å². The van der Waals surface area contributed by atoms with Gasteiger partial charge in [-0.25, -0.2) is 5.48 Å². The van der Waals surface area contributed by atoms with Crippen LogP contribution in [-0.4, -0.2) is 179 Å². The minimum atomic E-state index is -0.995. The summed E-state index contributed by atoms with van der Waals surface area (Å²) in [4.78, 5) is 92.3. The van der Waals surface area contributed by atoms with E-state index in [0.29, 0.717) is 57.8 Å². The smallest absolute Gasteiger partial charge is 0.245 e. The first-order valence-electron chi connectivity index (χ1n) is 25.1. The number of methoxy groups -OCH3 is 2. The van der Waals surface area contributed by atoms with Crippen LogP contribution in [0.3, 0.4) is 0 Å². The summed E-state index contributed by atoms with van der Waals surface area (Å²) in [5.41, 5.74) is 2.98. The van der Waals surface area contributed by atoms with Gasteiger partial charge in [0.15, 0.2) is 0 Å². The van der Waals surface area contributed by atoms with Crippen molar-refractivity contribution >= 4 is 35.4 Å². The molecule has 0 aliphatic carbocycles. The Morgan fingerprint density at radius 1 is 0.817 bits per heavy atom. The first-order chi connectivity index (χ1) is 33.8. The molecule has 0 aromatic heterocycles. The van der Waals surface area contributed by atoms with Crippen molar-refractivity contribution in [3.8, 4) is 12.3 Å². The maximum atomic E-state index is 14.6. The van der Waals surface area contributed by atoms with Gasteiger partial charge in [-0.3, -0.25) is 33.6 Å². The molecule has 1 saturated heterocycles. The van der Waals surface area contributed by atoms with Crippen LogP contribution in [0.4, 0.5) is 0 Å². The summed E-state index contributed by atoms with van der Waals surface area (Å²) >= 11 is 0. The predicted molar refractivity (Wildman–Crippen MR) is 268 cm³/mol. The Hall–Kier alpha value is -4.68. The quantitative estimate of drug-likeness (QED) is 0.0443. The molecule has 19 nitrogen and oxygen atoms in total. The molecule has 19 heteroatoms. The van der Waals surface area contributed by atoms with Gasteiger partial charge in [-0.2, -0.15) is 0 Å². The Morgan fingerprint density at radius 2 is 1.44 bits per heavy atom. The summed E-state index contributed by atoms with van der Waals surface area (Å²) in [6.45, 7) is 17.1. The molecule has 6 amide bonds. The molecule has 0 spiro atoms. The molecular formula is C52H86N6O13. The van der Waals surface area contributed by atoms with Gasteiger partial charge in [-0.15, -0.1) is 6.42 Å². The van der Waals surface area contributed by atoms with Crippen molar-refractivity contribution in [2.45, 2.75) is 142 Å². The highest BCUT2D eigenvalue weighted by Crippen LogP contribution is 2.30. The Bertz CT molecular complexity index is 1820. The van der Waals surface area contributed by atoms with E-state index in [4.69, 9.17) is 34.9 Å². The van der Waals surface area contributed by atoms with Crippen molar-refractivity contribution in [1.82, 2.24) is 30.8 Å². The molecule has 1 aliphatic rings. The third kappa shape index (κ3) is 20.0. The zero-order valence-electron chi connectivity index (χ0n) is 44.5. The van der Waals surface area contributed by atoms with Crippen LogP contribution in [-0.2, 0) is 57.3 Å². The molecule has 1 aromatic carbocycles. The molecule has 4 N–H and O–H groups in total. The molecule has 1 aliphatic heterocycles. The molecule has 402 valence electrons. The Morgan fingerprint density at radius 3 is 2.00 bits per heavy atom. The molecule has 1 aromatic rings. The number of nitrogens with one attached hydrogen (secondary N) is 3. The SMILES string of the molecule is C#CCOCCOCCOCCONC(=O)CCC(=O)N(C)[C@H](C(=O)N[C@H](C(=O)N(C)[C@@H]([C@@H](C)CC)[C@@H](CC(=O)N1CCC[C@H]1[C@H](OC)[C@@H](C)C(=O)N[C@H](C)[C@@H](O)c1ccccc1)OC)C(C)C)C(C)C. The fourth-order valence-electron chi connectivity index (χ4n) is 8.98. The largest absolute Gasteiger partial charge is 0.386 e. The lowest BCUT2D eigenvalue weighted by molar-refractivity contribution is -0.149. The molecule has 1 heterocycles. The van der Waals surface area contributed by atoms with Crippen molar-refractivity contribution in [2.75, 3.05) is 81.1 Å². The fourth-order valence-corrected chi connectivity index (χ4v) is 8.98. The highest BCUT2D eigenvalue weighted by Gasteiger charge is 2.43. The average molecular weight is 1000 g/mol. The number of nitrogens with zero attached hydrogens (tertiary/aromatic N) is 3. The third-order valence-corrected chi connectivity index (χ3v) is 13.2. The number of hydrogen-bond acceptors (Lipinski definition) is 13. The van der Waals surface area contributed by atoms with Gasteiger partial charge < -0.3 is 54.1 Å². The maximum absolute atomic E-state index is 14.6. The molecule has 0 bridgehead atoms. The number of rotatable bonds is 34. The van der Waals surface area contributed by atoms with Gasteiger partial charge in [0.1, 0.15) is 18.7 Å². The summed E-state index contributed by atoms with van der Waals surface area (Å²) in [7, 11) is 6.19. The lowest BCUT2D eigenvalue weighted by Gasteiger charge is -2.41.